The van der Waals surface area contributed by atoms with Crippen LogP contribution in [0.15, 0.2) is 45.9 Å². The van der Waals surface area contributed by atoms with Crippen LogP contribution in [0.2, 0.25) is 0 Å². The smallest absolute Gasteiger partial charge is 0.276 e. The van der Waals surface area contributed by atoms with E-state index in [1.54, 1.807) is 39.7 Å². The van der Waals surface area contributed by atoms with Crippen molar-refractivity contribution in [2.24, 2.45) is 0 Å². The first-order valence-electron chi connectivity index (χ1n) is 6.04. The molecule has 0 atom stereocenters. The van der Waals surface area contributed by atoms with E-state index in [9.17, 15) is 9.18 Å². The maximum absolute atomic E-state index is 13.2. The van der Waals surface area contributed by atoms with Gasteiger partial charge in [0, 0.05) is 12.4 Å². The van der Waals surface area contributed by atoms with Gasteiger partial charge in [-0.15, -0.1) is 0 Å². The molecule has 0 aliphatic carbocycles. The Bertz CT molecular complexity index is 853. The van der Waals surface area contributed by atoms with Gasteiger partial charge in [-0.1, -0.05) is 6.07 Å². The van der Waals surface area contributed by atoms with Crippen LogP contribution in [0.3, 0.4) is 0 Å². The quantitative estimate of drug-likeness (QED) is 0.722. The van der Waals surface area contributed by atoms with Crippen molar-refractivity contribution >= 4 is 21.4 Å². The molecule has 0 N–H and O–H groups in total. The SMILES string of the molecule is Cc1cc2c(=O)n(Cc3ccc(F)c(Br)c3)ccn2n1. The van der Waals surface area contributed by atoms with Gasteiger partial charge in [0.1, 0.15) is 11.3 Å². The number of aryl methyl sites for hydroxylation is 1. The molecule has 3 rings (SSSR count). The summed E-state index contributed by atoms with van der Waals surface area (Å²) in [5.74, 6) is -0.317. The van der Waals surface area contributed by atoms with E-state index >= 15 is 0 Å². The Hall–Kier alpha value is -1.95. The summed E-state index contributed by atoms with van der Waals surface area (Å²) in [5.41, 5.74) is 2.06. The van der Waals surface area contributed by atoms with Crippen molar-refractivity contribution < 1.29 is 4.39 Å². The number of benzene rings is 1. The minimum atomic E-state index is -0.317. The lowest BCUT2D eigenvalue weighted by molar-refractivity contribution is 0.619. The summed E-state index contributed by atoms with van der Waals surface area (Å²) in [7, 11) is 0. The highest BCUT2D eigenvalue weighted by Crippen LogP contribution is 2.17. The fraction of sp³-hybridized carbons (Fsp3) is 0.143. The first kappa shape index (κ1) is 13.1. The van der Waals surface area contributed by atoms with Crippen LogP contribution in [0.4, 0.5) is 4.39 Å². The third kappa shape index (κ3) is 2.27. The Morgan fingerprint density at radius 1 is 1.30 bits per heavy atom. The number of hydrogen-bond donors (Lipinski definition) is 0. The summed E-state index contributed by atoms with van der Waals surface area (Å²) in [5, 5.41) is 4.19. The van der Waals surface area contributed by atoms with E-state index in [2.05, 4.69) is 21.0 Å². The van der Waals surface area contributed by atoms with Crippen molar-refractivity contribution in [3.05, 3.63) is 68.6 Å². The molecule has 2 aromatic heterocycles. The molecular formula is C14H11BrFN3O. The first-order chi connectivity index (χ1) is 9.54. The molecule has 0 radical (unpaired) electrons. The number of hydrogen-bond acceptors (Lipinski definition) is 2. The summed E-state index contributed by atoms with van der Waals surface area (Å²) >= 11 is 3.14. The largest absolute Gasteiger partial charge is 0.308 e. The zero-order chi connectivity index (χ0) is 14.3. The second-order valence-electron chi connectivity index (χ2n) is 4.60. The highest BCUT2D eigenvalue weighted by Gasteiger charge is 2.07. The van der Waals surface area contributed by atoms with E-state index < -0.39 is 0 Å². The van der Waals surface area contributed by atoms with Crippen molar-refractivity contribution in [3.63, 3.8) is 0 Å². The number of halogens is 2. The van der Waals surface area contributed by atoms with Crippen LogP contribution in [0.1, 0.15) is 11.3 Å². The van der Waals surface area contributed by atoms with E-state index in [0.717, 1.165) is 11.3 Å². The van der Waals surface area contributed by atoms with Gasteiger partial charge >= 0.3 is 0 Å². The van der Waals surface area contributed by atoms with Gasteiger partial charge in [-0.3, -0.25) is 4.79 Å². The molecule has 0 saturated heterocycles. The maximum Gasteiger partial charge on any atom is 0.276 e. The van der Waals surface area contributed by atoms with Gasteiger partial charge in [0.2, 0.25) is 0 Å². The molecule has 0 aliphatic heterocycles. The van der Waals surface area contributed by atoms with Gasteiger partial charge in [-0.2, -0.15) is 5.10 Å². The van der Waals surface area contributed by atoms with Gasteiger partial charge in [0.25, 0.3) is 5.56 Å². The molecule has 6 heteroatoms. The van der Waals surface area contributed by atoms with Crippen molar-refractivity contribution in [1.29, 1.82) is 0 Å². The average molecular weight is 336 g/mol. The zero-order valence-corrected chi connectivity index (χ0v) is 12.3. The predicted octanol–water partition coefficient (Wildman–Crippen LogP) is 2.75. The first-order valence-corrected chi connectivity index (χ1v) is 6.83. The third-order valence-corrected chi connectivity index (χ3v) is 3.67. The molecular weight excluding hydrogens is 325 g/mol. The normalized spacial score (nSPS) is 11.2. The summed E-state index contributed by atoms with van der Waals surface area (Å²) < 4.78 is 16.7. The Labute approximate surface area is 122 Å². The van der Waals surface area contributed by atoms with Crippen molar-refractivity contribution in [3.8, 4) is 0 Å². The molecule has 102 valence electrons. The summed E-state index contributed by atoms with van der Waals surface area (Å²) in [6, 6.07) is 6.47. The van der Waals surface area contributed by atoms with Gasteiger partial charge in [0.15, 0.2) is 0 Å². The van der Waals surface area contributed by atoms with Gasteiger partial charge < -0.3 is 4.57 Å². The molecule has 20 heavy (non-hydrogen) atoms. The van der Waals surface area contributed by atoms with Crippen LogP contribution >= 0.6 is 15.9 Å². The Balaban J connectivity index is 2.04. The second-order valence-corrected chi connectivity index (χ2v) is 5.45. The molecule has 0 bridgehead atoms. The van der Waals surface area contributed by atoms with Crippen LogP contribution in [-0.4, -0.2) is 14.2 Å². The maximum atomic E-state index is 13.2. The number of fused-ring (bicyclic) bond motifs is 1. The third-order valence-electron chi connectivity index (χ3n) is 3.06. The number of nitrogens with zero attached hydrogens (tertiary/aromatic N) is 3. The summed E-state index contributed by atoms with van der Waals surface area (Å²) in [6.07, 6.45) is 3.42. The summed E-state index contributed by atoms with van der Waals surface area (Å²) in [6.45, 7) is 2.23. The van der Waals surface area contributed by atoms with Gasteiger partial charge in [-0.05, 0) is 46.6 Å². The minimum Gasteiger partial charge on any atom is -0.308 e. The molecule has 0 saturated carbocycles. The van der Waals surface area contributed by atoms with E-state index in [0.29, 0.717) is 16.5 Å². The highest BCUT2D eigenvalue weighted by molar-refractivity contribution is 9.10. The van der Waals surface area contributed by atoms with Crippen LogP contribution in [-0.2, 0) is 6.54 Å². The van der Waals surface area contributed by atoms with Crippen molar-refractivity contribution in [2.45, 2.75) is 13.5 Å². The highest BCUT2D eigenvalue weighted by atomic mass is 79.9. The van der Waals surface area contributed by atoms with Gasteiger partial charge in [-0.25, -0.2) is 8.91 Å². The lowest BCUT2D eigenvalue weighted by Gasteiger charge is -2.07. The summed E-state index contributed by atoms with van der Waals surface area (Å²) in [4.78, 5) is 12.3. The molecule has 1 aromatic carbocycles. The molecule has 0 aliphatic rings. The lowest BCUT2D eigenvalue weighted by Crippen LogP contribution is -2.21. The molecule has 4 nitrogen and oxygen atoms in total. The molecule has 2 heterocycles. The Morgan fingerprint density at radius 3 is 2.85 bits per heavy atom. The monoisotopic (exact) mass is 335 g/mol. The lowest BCUT2D eigenvalue weighted by atomic mass is 10.2. The van der Waals surface area contributed by atoms with E-state index in [4.69, 9.17) is 0 Å². The van der Waals surface area contributed by atoms with Crippen molar-refractivity contribution in [2.75, 3.05) is 0 Å². The topological polar surface area (TPSA) is 39.3 Å². The fourth-order valence-electron chi connectivity index (χ4n) is 2.11. The minimum absolute atomic E-state index is 0.117. The van der Waals surface area contributed by atoms with E-state index in [1.807, 2.05) is 6.92 Å². The van der Waals surface area contributed by atoms with Crippen molar-refractivity contribution in [1.82, 2.24) is 14.2 Å². The molecule has 0 unspecified atom stereocenters. The zero-order valence-electron chi connectivity index (χ0n) is 10.7. The van der Waals surface area contributed by atoms with Crippen LogP contribution in [0, 0.1) is 12.7 Å². The standard InChI is InChI=1S/C14H11BrFN3O/c1-9-6-13-14(20)18(4-5-19(13)17-9)8-10-2-3-12(16)11(15)7-10/h2-7H,8H2,1H3. The molecule has 3 aromatic rings. The Kier molecular flexibility index (Phi) is 3.17. The number of rotatable bonds is 2. The molecule has 0 fully saturated rings. The average Bonchev–Trinajstić information content (AvgIpc) is 2.79. The predicted molar refractivity (Wildman–Crippen MR) is 77.4 cm³/mol. The van der Waals surface area contributed by atoms with Crippen LogP contribution in [0.5, 0.6) is 0 Å². The van der Waals surface area contributed by atoms with E-state index in [1.165, 1.54) is 6.07 Å². The van der Waals surface area contributed by atoms with Crippen LogP contribution < -0.4 is 5.56 Å². The van der Waals surface area contributed by atoms with Crippen LogP contribution in [0.25, 0.3) is 5.52 Å². The van der Waals surface area contributed by atoms with Gasteiger partial charge in [0.05, 0.1) is 16.7 Å². The fourth-order valence-corrected chi connectivity index (χ4v) is 2.53. The number of aromatic nitrogens is 3. The second kappa shape index (κ2) is 4.86. The Morgan fingerprint density at radius 2 is 2.10 bits per heavy atom. The molecule has 0 spiro atoms. The molecule has 0 amide bonds. The van der Waals surface area contributed by atoms with E-state index in [-0.39, 0.29) is 11.4 Å².